The predicted octanol–water partition coefficient (Wildman–Crippen LogP) is 1.37. The van der Waals surface area contributed by atoms with Gasteiger partial charge in [0, 0.05) is 34.5 Å². The molecule has 0 aliphatic heterocycles. The summed E-state index contributed by atoms with van der Waals surface area (Å²) in [5.74, 6) is -0.0482. The zero-order valence-electron chi connectivity index (χ0n) is 10.8. The van der Waals surface area contributed by atoms with Gasteiger partial charge in [-0.25, -0.2) is 0 Å². The van der Waals surface area contributed by atoms with Gasteiger partial charge in [-0.15, -0.1) is 0 Å². The Kier molecular flexibility index (Phi) is 6.43. The molecule has 1 amide bonds. The number of carbonyl (C=O) groups excluding carboxylic acids is 1. The van der Waals surface area contributed by atoms with Crippen LogP contribution in [-0.4, -0.2) is 34.7 Å². The molecule has 0 saturated heterocycles. The zero-order valence-corrected chi connectivity index (χ0v) is 11.6. The predicted molar refractivity (Wildman–Crippen MR) is 76.1 cm³/mol. The molecule has 100 valence electrons. The molecule has 18 heavy (non-hydrogen) atoms. The third-order valence-electron chi connectivity index (χ3n) is 2.67. The number of benzene rings is 1. The largest absolute Gasteiger partial charge is 0.376 e. The van der Waals surface area contributed by atoms with E-state index in [0.717, 1.165) is 12.1 Å². The lowest BCUT2D eigenvalue weighted by Gasteiger charge is -2.10. The van der Waals surface area contributed by atoms with Gasteiger partial charge in [0.15, 0.2) is 0 Å². The van der Waals surface area contributed by atoms with Crippen molar-refractivity contribution < 1.29 is 9.00 Å². The van der Waals surface area contributed by atoms with Crippen LogP contribution < -0.4 is 10.6 Å². The van der Waals surface area contributed by atoms with E-state index in [0.29, 0.717) is 6.54 Å². The standard InChI is InChI=1S/C13H20N2O2S/c1-11(18(2)17)8-9-14-13(16)10-15-12-6-4-3-5-7-12/h3-7,11,15H,8-10H2,1-2H3,(H,14,16). The summed E-state index contributed by atoms with van der Waals surface area (Å²) in [5, 5.41) is 5.95. The molecule has 0 aromatic heterocycles. The molecule has 2 N–H and O–H groups in total. The van der Waals surface area contributed by atoms with E-state index in [2.05, 4.69) is 10.6 Å². The number of amides is 1. The van der Waals surface area contributed by atoms with E-state index in [-0.39, 0.29) is 17.7 Å². The van der Waals surface area contributed by atoms with E-state index in [1.807, 2.05) is 37.3 Å². The topological polar surface area (TPSA) is 58.2 Å². The van der Waals surface area contributed by atoms with Crippen molar-refractivity contribution in [3.63, 3.8) is 0 Å². The molecule has 1 rings (SSSR count). The molecule has 0 fully saturated rings. The summed E-state index contributed by atoms with van der Waals surface area (Å²) >= 11 is 0. The van der Waals surface area contributed by atoms with Crippen LogP contribution in [0.4, 0.5) is 5.69 Å². The van der Waals surface area contributed by atoms with Crippen LogP contribution in [0.15, 0.2) is 30.3 Å². The third kappa shape index (κ3) is 5.82. The fourth-order valence-electron chi connectivity index (χ4n) is 1.38. The summed E-state index contributed by atoms with van der Waals surface area (Å²) in [5.41, 5.74) is 0.927. The maximum absolute atomic E-state index is 11.5. The molecule has 0 aliphatic carbocycles. The minimum Gasteiger partial charge on any atom is -0.376 e. The van der Waals surface area contributed by atoms with E-state index in [4.69, 9.17) is 0 Å². The van der Waals surface area contributed by atoms with E-state index >= 15 is 0 Å². The summed E-state index contributed by atoms with van der Waals surface area (Å²) in [6, 6.07) is 9.58. The molecule has 4 nitrogen and oxygen atoms in total. The lowest BCUT2D eigenvalue weighted by molar-refractivity contribution is -0.119. The maximum Gasteiger partial charge on any atom is 0.239 e. The van der Waals surface area contributed by atoms with E-state index < -0.39 is 10.8 Å². The normalized spacial score (nSPS) is 13.7. The van der Waals surface area contributed by atoms with Gasteiger partial charge in [0.1, 0.15) is 0 Å². The molecule has 0 aliphatic rings. The lowest BCUT2D eigenvalue weighted by Crippen LogP contribution is -2.32. The number of hydrogen-bond donors (Lipinski definition) is 2. The van der Waals surface area contributed by atoms with E-state index in [1.54, 1.807) is 6.26 Å². The average molecular weight is 268 g/mol. The Balaban J connectivity index is 2.17. The molecule has 2 atom stereocenters. The summed E-state index contributed by atoms with van der Waals surface area (Å²) in [6.07, 6.45) is 2.42. The monoisotopic (exact) mass is 268 g/mol. The fourth-order valence-corrected chi connectivity index (χ4v) is 1.83. The molecule has 0 saturated carbocycles. The van der Waals surface area contributed by atoms with E-state index in [9.17, 15) is 9.00 Å². The number of carbonyl (C=O) groups is 1. The first-order chi connectivity index (χ1) is 8.59. The van der Waals surface area contributed by atoms with Crippen LogP contribution >= 0.6 is 0 Å². The summed E-state index contributed by atoms with van der Waals surface area (Å²) < 4.78 is 11.1. The van der Waals surface area contributed by atoms with Crippen molar-refractivity contribution in [2.24, 2.45) is 0 Å². The van der Waals surface area contributed by atoms with Gasteiger partial charge < -0.3 is 10.6 Å². The number of rotatable bonds is 7. The van der Waals surface area contributed by atoms with E-state index in [1.165, 1.54) is 0 Å². The number of hydrogen-bond acceptors (Lipinski definition) is 3. The second-order valence-corrected chi connectivity index (χ2v) is 5.97. The first-order valence-corrected chi connectivity index (χ1v) is 7.59. The molecule has 5 heteroatoms. The minimum atomic E-state index is -0.825. The number of para-hydroxylation sites is 1. The Morgan fingerprint density at radius 2 is 2.00 bits per heavy atom. The summed E-state index contributed by atoms with van der Waals surface area (Å²) in [7, 11) is -0.825. The minimum absolute atomic E-state index is 0.0482. The molecule has 0 spiro atoms. The molecular formula is C13H20N2O2S. The Hall–Kier alpha value is -1.36. The van der Waals surface area contributed by atoms with Crippen molar-refractivity contribution in [2.75, 3.05) is 24.7 Å². The van der Waals surface area contributed by atoms with Crippen molar-refractivity contribution in [3.8, 4) is 0 Å². The summed E-state index contributed by atoms with van der Waals surface area (Å²) in [4.78, 5) is 11.5. The molecule has 1 aromatic carbocycles. The summed E-state index contributed by atoms with van der Waals surface area (Å²) in [6.45, 7) is 2.74. The van der Waals surface area contributed by atoms with Crippen LogP contribution in [0.3, 0.4) is 0 Å². The third-order valence-corrected chi connectivity index (χ3v) is 4.04. The van der Waals surface area contributed by atoms with Gasteiger partial charge in [-0.3, -0.25) is 9.00 Å². The first kappa shape index (κ1) is 14.7. The highest BCUT2D eigenvalue weighted by Gasteiger charge is 2.06. The quantitative estimate of drug-likeness (QED) is 0.785. The molecule has 0 radical (unpaired) electrons. The second kappa shape index (κ2) is 7.87. The Morgan fingerprint density at radius 1 is 1.33 bits per heavy atom. The fraction of sp³-hybridized carbons (Fsp3) is 0.462. The lowest BCUT2D eigenvalue weighted by atomic mass is 10.3. The number of nitrogens with one attached hydrogen (secondary N) is 2. The molecule has 2 unspecified atom stereocenters. The number of anilines is 1. The zero-order chi connectivity index (χ0) is 13.4. The van der Waals surface area contributed by atoms with Crippen LogP contribution in [0.25, 0.3) is 0 Å². The van der Waals surface area contributed by atoms with Gasteiger partial charge in [-0.1, -0.05) is 25.1 Å². The highest BCUT2D eigenvalue weighted by Crippen LogP contribution is 2.03. The highest BCUT2D eigenvalue weighted by atomic mass is 32.2. The van der Waals surface area contributed by atoms with Crippen LogP contribution in [-0.2, 0) is 15.6 Å². The van der Waals surface area contributed by atoms with Crippen LogP contribution in [0.1, 0.15) is 13.3 Å². The molecule has 0 heterocycles. The van der Waals surface area contributed by atoms with Crippen LogP contribution in [0, 0.1) is 0 Å². The average Bonchev–Trinajstić information content (AvgIpc) is 2.37. The van der Waals surface area contributed by atoms with Gasteiger partial charge in [-0.05, 0) is 18.6 Å². The van der Waals surface area contributed by atoms with Gasteiger partial charge in [0.25, 0.3) is 0 Å². The van der Waals surface area contributed by atoms with Gasteiger partial charge in [0.05, 0.1) is 6.54 Å². The Bertz CT molecular complexity index is 395. The Labute approximate surface area is 111 Å². The van der Waals surface area contributed by atoms with Crippen molar-refractivity contribution >= 4 is 22.4 Å². The van der Waals surface area contributed by atoms with Crippen molar-refractivity contribution in [2.45, 2.75) is 18.6 Å². The Morgan fingerprint density at radius 3 is 2.61 bits per heavy atom. The molecular weight excluding hydrogens is 248 g/mol. The molecule has 1 aromatic rings. The van der Waals surface area contributed by atoms with Gasteiger partial charge in [-0.2, -0.15) is 0 Å². The van der Waals surface area contributed by atoms with Gasteiger partial charge in [0.2, 0.25) is 5.91 Å². The van der Waals surface area contributed by atoms with Crippen LogP contribution in [0.2, 0.25) is 0 Å². The second-order valence-electron chi connectivity index (χ2n) is 4.17. The van der Waals surface area contributed by atoms with Crippen molar-refractivity contribution in [1.29, 1.82) is 0 Å². The van der Waals surface area contributed by atoms with Crippen LogP contribution in [0.5, 0.6) is 0 Å². The van der Waals surface area contributed by atoms with Crippen molar-refractivity contribution in [1.82, 2.24) is 5.32 Å². The smallest absolute Gasteiger partial charge is 0.239 e. The molecule has 0 bridgehead atoms. The maximum atomic E-state index is 11.5. The SMILES string of the molecule is CC(CCNC(=O)CNc1ccccc1)S(C)=O. The van der Waals surface area contributed by atoms with Gasteiger partial charge >= 0.3 is 0 Å². The van der Waals surface area contributed by atoms with Crippen molar-refractivity contribution in [3.05, 3.63) is 30.3 Å². The first-order valence-electron chi connectivity index (χ1n) is 5.97. The highest BCUT2D eigenvalue weighted by molar-refractivity contribution is 7.84.